The fraction of sp³-hybridized carbons (Fsp3) is 0.235. The minimum absolute atomic E-state index is 0.0695. The molecule has 0 aliphatic rings. The first kappa shape index (κ1) is 19.6. The van der Waals surface area contributed by atoms with E-state index in [1.807, 2.05) is 0 Å². The van der Waals surface area contributed by atoms with Gasteiger partial charge < -0.3 is 14.2 Å². The predicted molar refractivity (Wildman–Crippen MR) is 100 cm³/mol. The highest BCUT2D eigenvalue weighted by atomic mass is 32.2. The Balaban J connectivity index is 1.89. The molecule has 10 nitrogen and oxygen atoms in total. The van der Waals surface area contributed by atoms with Crippen molar-refractivity contribution in [1.82, 2.24) is 9.29 Å². The average Bonchev–Trinajstić information content (AvgIpc) is 3.31. The van der Waals surface area contributed by atoms with Crippen molar-refractivity contribution < 1.29 is 22.2 Å². The minimum atomic E-state index is -3.98. The van der Waals surface area contributed by atoms with Gasteiger partial charge in [-0.15, -0.1) is 0 Å². The van der Waals surface area contributed by atoms with Gasteiger partial charge in [-0.1, -0.05) is 0 Å². The van der Waals surface area contributed by atoms with Crippen molar-refractivity contribution in [2.45, 2.75) is 18.4 Å². The van der Waals surface area contributed by atoms with Gasteiger partial charge in [-0.25, -0.2) is 13.4 Å². The third kappa shape index (κ3) is 3.62. The maximum Gasteiger partial charge on any atom is 0.293 e. The Morgan fingerprint density at radius 3 is 2.68 bits per heavy atom. The number of hydrogen-bond acceptors (Lipinski definition) is 8. The molecule has 148 valence electrons. The molecule has 0 saturated carbocycles. The van der Waals surface area contributed by atoms with Gasteiger partial charge in [-0.2, -0.15) is 4.31 Å². The molecule has 2 heterocycles. The molecule has 0 spiro atoms. The normalized spacial score (nSPS) is 11.7. The summed E-state index contributed by atoms with van der Waals surface area (Å²) in [4.78, 5) is 14.7. The SMILES string of the molecule is CNc1ccc(S(=O)(=O)N(C)Cc2nc(-c3ccco3)oc2C)cc1[N+](=O)[O-]. The van der Waals surface area contributed by atoms with E-state index in [9.17, 15) is 18.5 Å². The molecule has 0 aliphatic heterocycles. The first-order valence-electron chi connectivity index (χ1n) is 8.16. The monoisotopic (exact) mass is 406 g/mol. The summed E-state index contributed by atoms with van der Waals surface area (Å²) in [6.07, 6.45) is 1.48. The number of benzene rings is 1. The lowest BCUT2D eigenvalue weighted by Gasteiger charge is -2.16. The first-order chi connectivity index (χ1) is 13.2. The van der Waals surface area contributed by atoms with Gasteiger partial charge >= 0.3 is 0 Å². The van der Waals surface area contributed by atoms with Gasteiger partial charge in [0.2, 0.25) is 10.0 Å². The zero-order valence-corrected chi connectivity index (χ0v) is 16.2. The zero-order chi connectivity index (χ0) is 20.5. The number of aromatic nitrogens is 1. The number of oxazole rings is 1. The van der Waals surface area contributed by atoms with Crippen LogP contribution in [-0.2, 0) is 16.6 Å². The Morgan fingerprint density at radius 2 is 2.07 bits per heavy atom. The van der Waals surface area contributed by atoms with Crippen LogP contribution >= 0.6 is 0 Å². The van der Waals surface area contributed by atoms with Crippen molar-refractivity contribution in [2.24, 2.45) is 0 Å². The molecular weight excluding hydrogens is 388 g/mol. The fourth-order valence-electron chi connectivity index (χ4n) is 2.59. The number of hydrogen-bond donors (Lipinski definition) is 1. The molecule has 0 atom stereocenters. The van der Waals surface area contributed by atoms with Crippen LogP contribution in [0.15, 0.2) is 50.3 Å². The minimum Gasteiger partial charge on any atom is -0.459 e. The van der Waals surface area contributed by atoms with Crippen LogP contribution in [0.25, 0.3) is 11.7 Å². The van der Waals surface area contributed by atoms with Gasteiger partial charge in [0.1, 0.15) is 11.4 Å². The summed E-state index contributed by atoms with van der Waals surface area (Å²) in [5.74, 6) is 1.13. The molecule has 0 saturated heterocycles. The maximum atomic E-state index is 12.9. The molecule has 3 rings (SSSR count). The van der Waals surface area contributed by atoms with Crippen molar-refractivity contribution in [1.29, 1.82) is 0 Å². The van der Waals surface area contributed by atoms with Gasteiger partial charge in [0.05, 0.1) is 28.3 Å². The van der Waals surface area contributed by atoms with Crippen LogP contribution in [0.1, 0.15) is 11.5 Å². The molecule has 0 aliphatic carbocycles. The second kappa shape index (κ2) is 7.44. The van der Waals surface area contributed by atoms with Crippen LogP contribution in [0.4, 0.5) is 11.4 Å². The van der Waals surface area contributed by atoms with E-state index < -0.39 is 14.9 Å². The summed E-state index contributed by atoms with van der Waals surface area (Å²) in [5.41, 5.74) is 0.315. The van der Waals surface area contributed by atoms with E-state index in [0.29, 0.717) is 17.2 Å². The molecule has 0 fully saturated rings. The van der Waals surface area contributed by atoms with Crippen molar-refractivity contribution in [3.63, 3.8) is 0 Å². The van der Waals surface area contributed by atoms with Gasteiger partial charge in [0, 0.05) is 20.2 Å². The standard InChI is InChI=1S/C17H18N4O6S/c1-11-14(19-17(27-11)16-5-4-8-26-16)10-20(3)28(24,25)12-6-7-13(18-2)15(9-12)21(22)23/h4-9,18H,10H2,1-3H3. The summed E-state index contributed by atoms with van der Waals surface area (Å²) in [7, 11) is -1.09. The number of nitro benzene ring substituents is 1. The van der Waals surface area contributed by atoms with E-state index in [-0.39, 0.29) is 28.7 Å². The Bertz CT molecular complexity index is 1100. The quantitative estimate of drug-likeness (QED) is 0.468. The van der Waals surface area contributed by atoms with Crippen molar-refractivity contribution in [3.05, 3.63) is 58.2 Å². The van der Waals surface area contributed by atoms with Crippen LogP contribution in [0.2, 0.25) is 0 Å². The van der Waals surface area contributed by atoms with E-state index in [2.05, 4.69) is 10.3 Å². The van der Waals surface area contributed by atoms with Gasteiger partial charge in [-0.3, -0.25) is 10.1 Å². The number of nitrogens with zero attached hydrogens (tertiary/aromatic N) is 3. The molecule has 0 bridgehead atoms. The summed E-state index contributed by atoms with van der Waals surface area (Å²) in [6, 6.07) is 7.07. The molecule has 3 aromatic rings. The molecule has 0 radical (unpaired) electrons. The van der Waals surface area contributed by atoms with Gasteiger partial charge in [0.25, 0.3) is 11.6 Å². The average molecular weight is 406 g/mol. The first-order valence-corrected chi connectivity index (χ1v) is 9.60. The summed E-state index contributed by atoms with van der Waals surface area (Å²) >= 11 is 0. The van der Waals surface area contributed by atoms with Crippen LogP contribution in [0, 0.1) is 17.0 Å². The molecule has 1 aromatic carbocycles. The lowest BCUT2D eigenvalue weighted by Crippen LogP contribution is -2.27. The predicted octanol–water partition coefficient (Wildman–Crippen LogP) is 3.01. The summed E-state index contributed by atoms with van der Waals surface area (Å²) in [5, 5.41) is 13.9. The maximum absolute atomic E-state index is 12.9. The molecular formula is C17H18N4O6S. The Labute approximate surface area is 161 Å². The number of furan rings is 1. The molecule has 0 unspecified atom stereocenters. The molecule has 2 aromatic heterocycles. The van der Waals surface area contributed by atoms with Crippen LogP contribution in [-0.4, -0.2) is 36.7 Å². The number of sulfonamides is 1. The molecule has 28 heavy (non-hydrogen) atoms. The lowest BCUT2D eigenvalue weighted by atomic mass is 10.3. The number of aryl methyl sites for hydroxylation is 1. The summed E-state index contributed by atoms with van der Waals surface area (Å²) in [6.45, 7) is 1.60. The molecule has 1 N–H and O–H groups in total. The highest BCUT2D eigenvalue weighted by molar-refractivity contribution is 7.89. The Hall–Kier alpha value is -3.18. The second-order valence-electron chi connectivity index (χ2n) is 5.95. The highest BCUT2D eigenvalue weighted by Crippen LogP contribution is 2.29. The Kier molecular flexibility index (Phi) is 5.21. The smallest absolute Gasteiger partial charge is 0.293 e. The van der Waals surface area contributed by atoms with E-state index >= 15 is 0 Å². The van der Waals surface area contributed by atoms with Crippen LogP contribution < -0.4 is 5.32 Å². The van der Waals surface area contributed by atoms with Crippen molar-refractivity contribution in [2.75, 3.05) is 19.4 Å². The van der Waals surface area contributed by atoms with Crippen molar-refractivity contribution >= 4 is 21.4 Å². The third-order valence-corrected chi connectivity index (χ3v) is 5.94. The second-order valence-corrected chi connectivity index (χ2v) is 7.99. The number of rotatable bonds is 7. The molecule has 0 amide bonds. The fourth-order valence-corrected chi connectivity index (χ4v) is 3.74. The molecule has 11 heteroatoms. The van der Waals surface area contributed by atoms with Crippen LogP contribution in [0.5, 0.6) is 0 Å². The summed E-state index contributed by atoms with van der Waals surface area (Å²) < 4.78 is 37.5. The largest absolute Gasteiger partial charge is 0.459 e. The number of nitro groups is 1. The number of anilines is 1. The Morgan fingerprint density at radius 1 is 1.32 bits per heavy atom. The van der Waals surface area contributed by atoms with E-state index in [4.69, 9.17) is 8.83 Å². The van der Waals surface area contributed by atoms with Gasteiger partial charge in [-0.05, 0) is 31.2 Å². The van der Waals surface area contributed by atoms with Gasteiger partial charge in [0.15, 0.2) is 5.76 Å². The van der Waals surface area contributed by atoms with Crippen LogP contribution in [0.3, 0.4) is 0 Å². The van der Waals surface area contributed by atoms with E-state index in [1.165, 1.54) is 32.5 Å². The number of nitrogens with one attached hydrogen (secondary N) is 1. The highest BCUT2D eigenvalue weighted by Gasteiger charge is 2.26. The van der Waals surface area contributed by atoms with E-state index in [0.717, 1.165) is 10.4 Å². The van der Waals surface area contributed by atoms with Crippen molar-refractivity contribution in [3.8, 4) is 11.7 Å². The third-order valence-electron chi connectivity index (χ3n) is 4.14. The topological polar surface area (TPSA) is 132 Å². The zero-order valence-electron chi connectivity index (χ0n) is 15.4. The lowest BCUT2D eigenvalue weighted by molar-refractivity contribution is -0.384. The van der Waals surface area contributed by atoms with E-state index in [1.54, 1.807) is 19.1 Å².